The van der Waals surface area contributed by atoms with E-state index in [9.17, 15) is 18.0 Å². The van der Waals surface area contributed by atoms with Crippen molar-refractivity contribution in [2.45, 2.75) is 62.5 Å². The summed E-state index contributed by atoms with van der Waals surface area (Å²) in [6, 6.07) is 10.6. The molecule has 3 aromatic rings. The number of nitrogens with zero attached hydrogens (tertiary/aromatic N) is 4. The minimum Gasteiger partial charge on any atom is -0.465 e. The first-order chi connectivity index (χ1) is 21.8. The van der Waals surface area contributed by atoms with Crippen molar-refractivity contribution in [1.82, 2.24) is 19.6 Å². The molecule has 1 atom stereocenters. The third-order valence-corrected chi connectivity index (χ3v) is 9.69. The van der Waals surface area contributed by atoms with E-state index in [1.807, 2.05) is 51.0 Å². The van der Waals surface area contributed by atoms with Crippen molar-refractivity contribution in [3.8, 4) is 0 Å². The number of fused-ring (bicyclic) bond motifs is 1. The molecular formula is C32H44N6O5S3. The molecule has 0 fully saturated rings. The molecule has 250 valence electrons. The molecule has 0 saturated carbocycles. The Morgan fingerprint density at radius 2 is 1.83 bits per heavy atom. The number of anilines is 2. The SMILES string of the molecule is CCC(CC(S)S)C(CCOC(=O)CCNS(=O)(=O)c1cccc2c(N(C)C)cccc12)=C(C)N(C=O)Cc1cnc(C)nc1N. The number of aryl methyl sites for hydroxylation is 1. The van der Waals surface area contributed by atoms with Gasteiger partial charge in [-0.15, -0.1) is 0 Å². The van der Waals surface area contributed by atoms with Crippen molar-refractivity contribution in [3.63, 3.8) is 0 Å². The van der Waals surface area contributed by atoms with Crippen LogP contribution in [0, 0.1) is 12.8 Å². The van der Waals surface area contributed by atoms with Crippen LogP contribution in [0.3, 0.4) is 0 Å². The Labute approximate surface area is 282 Å². The topological polar surface area (TPSA) is 148 Å². The Bertz CT molecular complexity index is 1660. The summed E-state index contributed by atoms with van der Waals surface area (Å²) in [5, 5.41) is 1.40. The fourth-order valence-corrected chi connectivity index (χ4v) is 7.09. The van der Waals surface area contributed by atoms with Gasteiger partial charge < -0.3 is 20.3 Å². The van der Waals surface area contributed by atoms with Crippen LogP contribution in [-0.4, -0.2) is 67.5 Å². The third-order valence-electron chi connectivity index (χ3n) is 7.75. The van der Waals surface area contributed by atoms with Crippen molar-refractivity contribution >= 4 is 69.9 Å². The molecule has 3 rings (SSSR count). The molecule has 1 aromatic heterocycles. The highest BCUT2D eigenvalue weighted by Crippen LogP contribution is 2.32. The quantitative estimate of drug-likeness (QED) is 0.0685. The molecule has 0 bridgehead atoms. The molecule has 14 heteroatoms. The number of hydrogen-bond acceptors (Lipinski definition) is 11. The minimum atomic E-state index is -3.89. The van der Waals surface area contributed by atoms with Gasteiger partial charge in [0.05, 0.1) is 24.5 Å². The van der Waals surface area contributed by atoms with E-state index in [0.717, 1.165) is 29.5 Å². The molecule has 0 spiro atoms. The maximum atomic E-state index is 13.2. The summed E-state index contributed by atoms with van der Waals surface area (Å²) in [7, 11) is -0.0988. The van der Waals surface area contributed by atoms with E-state index in [2.05, 4.69) is 39.9 Å². The van der Waals surface area contributed by atoms with Crippen LogP contribution in [0.5, 0.6) is 0 Å². The van der Waals surface area contributed by atoms with Crippen LogP contribution in [0.15, 0.2) is 58.8 Å². The van der Waals surface area contributed by atoms with Gasteiger partial charge in [0.15, 0.2) is 0 Å². The van der Waals surface area contributed by atoms with Gasteiger partial charge in [-0.3, -0.25) is 9.59 Å². The number of nitrogen functional groups attached to an aromatic ring is 1. The number of aromatic nitrogens is 2. The van der Waals surface area contributed by atoms with Gasteiger partial charge in [-0.1, -0.05) is 31.2 Å². The summed E-state index contributed by atoms with van der Waals surface area (Å²) in [5.41, 5.74) is 9.22. The van der Waals surface area contributed by atoms with E-state index in [1.165, 1.54) is 0 Å². The fourth-order valence-electron chi connectivity index (χ4n) is 5.33. The number of ether oxygens (including phenoxy) is 1. The molecular weight excluding hydrogens is 645 g/mol. The molecule has 2 aromatic carbocycles. The zero-order chi connectivity index (χ0) is 34.0. The van der Waals surface area contributed by atoms with Crippen molar-refractivity contribution in [1.29, 1.82) is 0 Å². The third kappa shape index (κ3) is 9.84. The molecule has 3 N–H and O–H groups in total. The number of nitrogens with two attached hydrogens (primary N) is 1. The largest absolute Gasteiger partial charge is 0.465 e. The number of nitrogens with one attached hydrogen (secondary N) is 1. The molecule has 46 heavy (non-hydrogen) atoms. The van der Waals surface area contributed by atoms with Gasteiger partial charge in [-0.05, 0) is 50.3 Å². The second-order valence-electron chi connectivity index (χ2n) is 11.1. The average molecular weight is 689 g/mol. The first-order valence-corrected chi connectivity index (χ1v) is 17.5. The van der Waals surface area contributed by atoms with Crippen molar-refractivity contribution in [2.24, 2.45) is 5.92 Å². The number of benzene rings is 2. The van der Waals surface area contributed by atoms with Gasteiger partial charge in [-0.2, -0.15) is 25.3 Å². The van der Waals surface area contributed by atoms with Gasteiger partial charge in [-0.25, -0.2) is 23.1 Å². The van der Waals surface area contributed by atoms with Gasteiger partial charge in [0.1, 0.15) is 11.6 Å². The van der Waals surface area contributed by atoms with Gasteiger partial charge in [0.2, 0.25) is 16.4 Å². The molecule has 0 aliphatic rings. The number of allylic oxidation sites excluding steroid dienone is 1. The molecule has 0 aliphatic heterocycles. The molecule has 1 unspecified atom stereocenters. The zero-order valence-electron chi connectivity index (χ0n) is 26.9. The highest BCUT2D eigenvalue weighted by Gasteiger charge is 2.22. The van der Waals surface area contributed by atoms with Crippen LogP contribution in [-0.2, 0) is 30.9 Å². The number of carbonyl (C=O) groups excluding carboxylic acids is 2. The summed E-state index contributed by atoms with van der Waals surface area (Å²) in [6.07, 6.45) is 3.95. The lowest BCUT2D eigenvalue weighted by atomic mass is 9.89. The van der Waals surface area contributed by atoms with Crippen LogP contribution in [0.25, 0.3) is 10.8 Å². The van der Waals surface area contributed by atoms with Crippen molar-refractivity contribution < 1.29 is 22.7 Å². The lowest BCUT2D eigenvalue weighted by Crippen LogP contribution is -2.27. The Morgan fingerprint density at radius 1 is 1.13 bits per heavy atom. The standard InChI is InChI=1S/C32H44N6O5S3/c1-6-23(17-31(44)45)25(21(2)38(20-39)19-24-18-34-22(3)36-32(24)33)14-16-43-30(40)13-15-35-46(41,42)29-12-8-9-26-27(29)10-7-11-28(26)37(4)5/h7-12,18,20,23,31,35,44-45H,6,13-17,19H2,1-5H3,(H2,33,34,36). The Kier molecular flexibility index (Phi) is 13.7. The Morgan fingerprint density at radius 3 is 2.46 bits per heavy atom. The number of rotatable bonds is 17. The highest BCUT2D eigenvalue weighted by atomic mass is 32.2. The van der Waals surface area contributed by atoms with E-state index in [-0.39, 0.29) is 41.5 Å². The normalized spacial score (nSPS) is 13.0. The van der Waals surface area contributed by atoms with Crippen LogP contribution in [0.4, 0.5) is 11.5 Å². The van der Waals surface area contributed by atoms with Gasteiger partial charge in [0, 0.05) is 65.6 Å². The molecule has 0 aliphatic carbocycles. The van der Waals surface area contributed by atoms with Crippen LogP contribution in [0.1, 0.15) is 50.9 Å². The molecule has 1 heterocycles. The van der Waals surface area contributed by atoms with E-state index in [4.69, 9.17) is 10.5 Å². The number of esters is 1. The predicted molar refractivity (Wildman–Crippen MR) is 189 cm³/mol. The van der Waals surface area contributed by atoms with Crippen molar-refractivity contribution in [3.05, 3.63) is 65.3 Å². The predicted octanol–water partition coefficient (Wildman–Crippen LogP) is 4.72. The number of carbonyl (C=O) groups is 2. The maximum Gasteiger partial charge on any atom is 0.307 e. The molecule has 1 amide bonds. The van der Waals surface area contributed by atoms with E-state index < -0.39 is 16.0 Å². The monoisotopic (exact) mass is 688 g/mol. The van der Waals surface area contributed by atoms with E-state index in [0.29, 0.717) is 41.1 Å². The number of sulfonamides is 1. The fraction of sp³-hybridized carbons (Fsp3) is 0.438. The lowest BCUT2D eigenvalue weighted by molar-refractivity contribution is -0.143. The second kappa shape index (κ2) is 17.0. The number of amides is 1. The zero-order valence-corrected chi connectivity index (χ0v) is 29.5. The van der Waals surface area contributed by atoms with E-state index >= 15 is 0 Å². The summed E-state index contributed by atoms with van der Waals surface area (Å²) in [5.74, 6) is 0.315. The summed E-state index contributed by atoms with van der Waals surface area (Å²) < 4.78 is 34.3. The summed E-state index contributed by atoms with van der Waals surface area (Å²) in [6.45, 7) is 5.73. The number of hydrogen-bond donors (Lipinski definition) is 4. The van der Waals surface area contributed by atoms with E-state index in [1.54, 1.807) is 36.2 Å². The number of thiol groups is 2. The summed E-state index contributed by atoms with van der Waals surface area (Å²) >= 11 is 8.92. The van der Waals surface area contributed by atoms with Gasteiger partial charge >= 0.3 is 5.97 Å². The second-order valence-corrected chi connectivity index (χ2v) is 14.5. The average Bonchev–Trinajstić information content (AvgIpc) is 3.00. The minimum absolute atomic E-state index is 0.0216. The van der Waals surface area contributed by atoms with Crippen molar-refractivity contribution in [2.75, 3.05) is 37.9 Å². The Balaban J connectivity index is 1.68. The summed E-state index contributed by atoms with van der Waals surface area (Å²) in [4.78, 5) is 36.9. The molecule has 0 radical (unpaired) electrons. The Hall–Kier alpha value is -3.33. The molecule has 0 saturated heterocycles. The molecule has 11 nitrogen and oxygen atoms in total. The highest BCUT2D eigenvalue weighted by molar-refractivity contribution is 7.99. The van der Waals surface area contributed by atoms with Crippen LogP contribution < -0.4 is 15.4 Å². The smallest absolute Gasteiger partial charge is 0.307 e. The first-order valence-electron chi connectivity index (χ1n) is 15.0. The van der Waals surface area contributed by atoms with Crippen LogP contribution in [0.2, 0.25) is 0 Å². The first kappa shape index (κ1) is 37.1. The van der Waals surface area contributed by atoms with Gasteiger partial charge in [0.25, 0.3) is 0 Å². The lowest BCUT2D eigenvalue weighted by Gasteiger charge is -2.28. The maximum absolute atomic E-state index is 13.2. The van der Waals surface area contributed by atoms with Crippen LogP contribution >= 0.6 is 25.3 Å².